The molecule has 0 aliphatic carbocycles. The van der Waals surface area contributed by atoms with Crippen molar-refractivity contribution in [3.8, 4) is 0 Å². The van der Waals surface area contributed by atoms with Crippen LogP contribution in [0.3, 0.4) is 0 Å². The molecule has 0 radical (unpaired) electrons. The van der Waals surface area contributed by atoms with Gasteiger partial charge in [0.2, 0.25) is 5.72 Å². The van der Waals surface area contributed by atoms with E-state index in [9.17, 15) is 23.1 Å². The maximum absolute atomic E-state index is 13.8. The predicted molar refractivity (Wildman–Crippen MR) is 136 cm³/mol. The molecule has 0 bridgehead atoms. The van der Waals surface area contributed by atoms with Crippen LogP contribution in [0, 0.1) is 0 Å². The Labute approximate surface area is 215 Å². The number of carbonyl (C=O) groups excluding carboxylic acids is 1. The molecule has 1 amide bonds. The van der Waals surface area contributed by atoms with Gasteiger partial charge in [-0.1, -0.05) is 24.6 Å². The van der Waals surface area contributed by atoms with Gasteiger partial charge in [0, 0.05) is 47.2 Å². The van der Waals surface area contributed by atoms with Gasteiger partial charge in [0.05, 0.1) is 11.2 Å². The number of pyridine rings is 2. The summed E-state index contributed by atoms with van der Waals surface area (Å²) in [5.41, 5.74) is -0.953. The number of fused-ring (bicyclic) bond motifs is 1. The van der Waals surface area contributed by atoms with E-state index in [4.69, 9.17) is 11.6 Å². The maximum Gasteiger partial charge on any atom is 0.404 e. The van der Waals surface area contributed by atoms with Crippen molar-refractivity contribution in [2.45, 2.75) is 30.5 Å². The van der Waals surface area contributed by atoms with Gasteiger partial charge in [-0.25, -0.2) is 0 Å². The highest BCUT2D eigenvalue weighted by Gasteiger charge is 2.53. The Kier molecular flexibility index (Phi) is 7.77. The van der Waals surface area contributed by atoms with Crippen molar-refractivity contribution in [3.05, 3.63) is 77.2 Å². The molecule has 6 nitrogen and oxygen atoms in total. The monoisotopic (exact) mass is 536 g/mol. The van der Waals surface area contributed by atoms with Gasteiger partial charge in [-0.3, -0.25) is 14.8 Å². The zero-order valence-corrected chi connectivity index (χ0v) is 20.9. The Morgan fingerprint density at radius 1 is 1.19 bits per heavy atom. The molecule has 1 aliphatic rings. The van der Waals surface area contributed by atoms with Crippen LogP contribution < -0.4 is 5.32 Å². The molecule has 0 saturated carbocycles. The van der Waals surface area contributed by atoms with Crippen LogP contribution >= 0.6 is 23.4 Å². The minimum Gasteiger partial charge on any atom is -0.384 e. The van der Waals surface area contributed by atoms with E-state index in [0.717, 1.165) is 22.0 Å². The summed E-state index contributed by atoms with van der Waals surface area (Å²) < 4.78 is 41.4. The molecule has 2 atom stereocenters. The molecule has 190 valence electrons. The summed E-state index contributed by atoms with van der Waals surface area (Å²) in [5, 5.41) is 14.1. The fraction of sp³-hybridized carbons (Fsp3) is 0.320. The van der Waals surface area contributed by atoms with E-state index in [-0.39, 0.29) is 18.0 Å². The van der Waals surface area contributed by atoms with Crippen molar-refractivity contribution in [1.29, 1.82) is 0 Å². The lowest BCUT2D eigenvalue weighted by atomic mass is 10.1. The molecule has 2 aromatic heterocycles. The number of rotatable bonds is 9. The van der Waals surface area contributed by atoms with Crippen molar-refractivity contribution in [1.82, 2.24) is 14.9 Å². The lowest BCUT2D eigenvalue weighted by Crippen LogP contribution is -2.46. The van der Waals surface area contributed by atoms with E-state index >= 15 is 0 Å². The second-order valence-corrected chi connectivity index (χ2v) is 9.99. The zero-order valence-electron chi connectivity index (χ0n) is 19.3. The van der Waals surface area contributed by atoms with Crippen molar-refractivity contribution in [3.63, 3.8) is 0 Å². The number of hydrogen-bond acceptors (Lipinski definition) is 6. The van der Waals surface area contributed by atoms with Crippen LogP contribution in [0.5, 0.6) is 0 Å². The van der Waals surface area contributed by atoms with E-state index in [1.54, 1.807) is 43.5 Å². The summed E-state index contributed by atoms with van der Waals surface area (Å²) in [6.07, 6.45) is -0.213. The average molecular weight is 537 g/mol. The molecule has 1 aliphatic heterocycles. The minimum atomic E-state index is -4.64. The fourth-order valence-corrected chi connectivity index (χ4v) is 5.22. The first kappa shape index (κ1) is 26.2. The highest BCUT2D eigenvalue weighted by atomic mass is 35.5. The van der Waals surface area contributed by atoms with Gasteiger partial charge in [0.15, 0.2) is 0 Å². The van der Waals surface area contributed by atoms with Gasteiger partial charge < -0.3 is 15.3 Å². The molecule has 3 aromatic rings. The standard InChI is InChI=1S/C25H24ClF3N4O2S/c1-2-36-22(25(27,28)29)18-15-24(35,21-6-3-4-10-32-21)33(23(18)34)13-5-11-30-19-9-12-31-20-14-16(26)7-8-17(19)20/h3-4,6-10,12,14-15,22,35H,2,5,11,13H2,1H3,(H,30,31). The third-order valence-electron chi connectivity index (χ3n) is 5.79. The number of aromatic nitrogens is 2. The van der Waals surface area contributed by atoms with Gasteiger partial charge in [0.25, 0.3) is 5.91 Å². The summed E-state index contributed by atoms with van der Waals surface area (Å²) in [4.78, 5) is 22.7. The Morgan fingerprint density at radius 3 is 2.69 bits per heavy atom. The first-order valence-corrected chi connectivity index (χ1v) is 12.7. The number of nitrogens with zero attached hydrogens (tertiary/aromatic N) is 3. The second kappa shape index (κ2) is 10.7. The first-order valence-electron chi connectivity index (χ1n) is 11.3. The van der Waals surface area contributed by atoms with Crippen LogP contribution in [0.25, 0.3) is 10.9 Å². The Hall–Kier alpha value is -2.82. The number of alkyl halides is 3. The Balaban J connectivity index is 1.54. The normalized spacial score (nSPS) is 19.0. The third kappa shape index (κ3) is 5.30. The summed E-state index contributed by atoms with van der Waals surface area (Å²) in [6, 6.07) is 11.9. The molecule has 3 heterocycles. The molecule has 0 spiro atoms. The molecule has 4 rings (SSSR count). The van der Waals surface area contributed by atoms with Gasteiger partial charge in [-0.15, -0.1) is 11.8 Å². The summed E-state index contributed by atoms with van der Waals surface area (Å²) in [5.74, 6) is -0.693. The summed E-state index contributed by atoms with van der Waals surface area (Å²) >= 11 is 6.65. The number of hydrogen-bond donors (Lipinski definition) is 2. The van der Waals surface area contributed by atoms with Crippen LogP contribution in [0.4, 0.5) is 18.9 Å². The van der Waals surface area contributed by atoms with Gasteiger partial charge in [-0.05, 0) is 54.6 Å². The minimum absolute atomic E-state index is 0.00905. The van der Waals surface area contributed by atoms with Crippen LogP contribution in [-0.4, -0.2) is 56.2 Å². The molecule has 0 saturated heterocycles. The number of carbonyl (C=O) groups is 1. The highest BCUT2D eigenvalue weighted by Crippen LogP contribution is 2.43. The molecule has 0 fully saturated rings. The van der Waals surface area contributed by atoms with E-state index in [0.29, 0.717) is 35.3 Å². The predicted octanol–water partition coefficient (Wildman–Crippen LogP) is 5.38. The largest absolute Gasteiger partial charge is 0.404 e. The fourth-order valence-electron chi connectivity index (χ4n) is 4.18. The molecule has 36 heavy (non-hydrogen) atoms. The van der Waals surface area contributed by atoms with Crippen molar-refractivity contribution in [2.24, 2.45) is 0 Å². The van der Waals surface area contributed by atoms with Crippen molar-refractivity contribution in [2.75, 3.05) is 24.2 Å². The van der Waals surface area contributed by atoms with E-state index in [1.165, 1.54) is 12.3 Å². The first-order chi connectivity index (χ1) is 17.1. The maximum atomic E-state index is 13.8. The van der Waals surface area contributed by atoms with Gasteiger partial charge in [-0.2, -0.15) is 13.2 Å². The van der Waals surface area contributed by atoms with Crippen LogP contribution in [0.15, 0.2) is 66.5 Å². The smallest absolute Gasteiger partial charge is 0.384 e. The number of benzene rings is 1. The number of aliphatic hydroxyl groups is 1. The van der Waals surface area contributed by atoms with Crippen molar-refractivity contribution >= 4 is 45.9 Å². The van der Waals surface area contributed by atoms with Crippen LogP contribution in [0.2, 0.25) is 5.02 Å². The average Bonchev–Trinajstić information content (AvgIpc) is 3.10. The molecular weight excluding hydrogens is 513 g/mol. The molecule has 11 heteroatoms. The number of halogens is 4. The second-order valence-electron chi connectivity index (χ2n) is 8.17. The van der Waals surface area contributed by atoms with E-state index in [2.05, 4.69) is 15.3 Å². The summed E-state index contributed by atoms with van der Waals surface area (Å²) in [6.45, 7) is 2.00. The van der Waals surface area contributed by atoms with Gasteiger partial charge >= 0.3 is 6.18 Å². The number of amides is 1. The van der Waals surface area contributed by atoms with Crippen LogP contribution in [-0.2, 0) is 10.5 Å². The summed E-state index contributed by atoms with van der Waals surface area (Å²) in [7, 11) is 0. The lowest BCUT2D eigenvalue weighted by molar-refractivity contribution is -0.147. The SMILES string of the molecule is CCSC(C1=CC(O)(c2ccccn2)N(CCCNc2ccnc3cc(Cl)ccc23)C1=O)C(F)(F)F. The van der Waals surface area contributed by atoms with Crippen molar-refractivity contribution < 1.29 is 23.1 Å². The number of nitrogens with one attached hydrogen (secondary N) is 1. The Bertz CT molecular complexity index is 1280. The number of anilines is 1. The third-order valence-corrected chi connectivity index (χ3v) is 7.22. The quantitative estimate of drug-likeness (QED) is 0.357. The molecule has 2 unspecified atom stereocenters. The van der Waals surface area contributed by atoms with Gasteiger partial charge in [0.1, 0.15) is 5.25 Å². The lowest BCUT2D eigenvalue weighted by Gasteiger charge is -2.32. The van der Waals surface area contributed by atoms with E-state index in [1.807, 2.05) is 6.07 Å². The molecule has 2 N–H and O–H groups in total. The number of thioether (sulfide) groups is 1. The molecule has 1 aromatic carbocycles. The topological polar surface area (TPSA) is 78.4 Å². The van der Waals surface area contributed by atoms with Crippen LogP contribution in [0.1, 0.15) is 19.0 Å². The molecular formula is C25H24ClF3N4O2S. The zero-order chi connectivity index (χ0) is 25.9. The van der Waals surface area contributed by atoms with E-state index < -0.39 is 28.6 Å². The highest BCUT2D eigenvalue weighted by molar-refractivity contribution is 8.00. The Morgan fingerprint density at radius 2 is 2.00 bits per heavy atom.